The highest BCUT2D eigenvalue weighted by atomic mass is 35.5. The number of amides is 1. The predicted octanol–water partition coefficient (Wildman–Crippen LogP) is 2.48. The monoisotopic (exact) mass is 348 g/mol. The second-order valence-corrected chi connectivity index (χ2v) is 7.86. The van der Waals surface area contributed by atoms with Crippen LogP contribution in [0.3, 0.4) is 0 Å². The molecule has 122 valence electrons. The summed E-state index contributed by atoms with van der Waals surface area (Å²) < 4.78 is 38.0. The van der Waals surface area contributed by atoms with Crippen molar-refractivity contribution in [1.29, 1.82) is 0 Å². The van der Waals surface area contributed by atoms with Crippen LogP contribution in [0.5, 0.6) is 0 Å². The van der Waals surface area contributed by atoms with Crippen LogP contribution in [0.4, 0.5) is 10.1 Å². The van der Waals surface area contributed by atoms with Gasteiger partial charge in [0.05, 0.1) is 10.8 Å². The van der Waals surface area contributed by atoms with Crippen LogP contribution in [0.2, 0.25) is 5.02 Å². The Balaban J connectivity index is 1.94. The molecule has 5 nitrogen and oxygen atoms in total. The average molecular weight is 349 g/mol. The molecule has 1 heterocycles. The van der Waals surface area contributed by atoms with Gasteiger partial charge in [0.2, 0.25) is 15.9 Å². The van der Waals surface area contributed by atoms with Gasteiger partial charge in [0.15, 0.2) is 0 Å². The maximum atomic E-state index is 13.1. The maximum Gasteiger partial charge on any atom is 0.227 e. The van der Waals surface area contributed by atoms with Gasteiger partial charge in [0, 0.05) is 24.7 Å². The summed E-state index contributed by atoms with van der Waals surface area (Å²) in [5, 5.41) is 2.64. The fourth-order valence-electron chi connectivity index (χ4n) is 2.40. The zero-order chi connectivity index (χ0) is 16.3. The second-order valence-electron chi connectivity index (χ2n) is 5.19. The Morgan fingerprint density at radius 2 is 2.05 bits per heavy atom. The molecule has 22 heavy (non-hydrogen) atoms. The summed E-state index contributed by atoms with van der Waals surface area (Å²) in [5.41, 5.74) is 0.431. The third-order valence-electron chi connectivity index (χ3n) is 3.77. The largest absolute Gasteiger partial charge is 0.326 e. The number of carbonyl (C=O) groups excluding carboxylic acids is 1. The summed E-state index contributed by atoms with van der Waals surface area (Å²) in [6.07, 6.45) is 0.944. The molecule has 1 N–H and O–H groups in total. The van der Waals surface area contributed by atoms with Gasteiger partial charge in [-0.25, -0.2) is 17.1 Å². The first-order valence-corrected chi connectivity index (χ1v) is 9.06. The Bertz CT molecular complexity index is 658. The Labute approximate surface area is 134 Å². The molecule has 1 aliphatic heterocycles. The van der Waals surface area contributed by atoms with Crippen LogP contribution in [0.15, 0.2) is 18.2 Å². The normalized spacial score (nSPS) is 17.4. The minimum atomic E-state index is -3.20. The minimum Gasteiger partial charge on any atom is -0.326 e. The summed E-state index contributed by atoms with van der Waals surface area (Å²) in [5.74, 6) is -0.932. The SMILES string of the molecule is CCS(=O)(=O)N1CCC(C(=O)Nc2ccc(F)c(Cl)c2)CC1. The molecule has 2 rings (SSSR count). The number of benzene rings is 1. The minimum absolute atomic E-state index is 0.0540. The number of rotatable bonds is 4. The molecule has 8 heteroatoms. The first kappa shape index (κ1) is 17.2. The molecule has 0 bridgehead atoms. The molecule has 0 radical (unpaired) electrons. The van der Waals surface area contributed by atoms with Crippen molar-refractivity contribution in [1.82, 2.24) is 4.31 Å². The van der Waals surface area contributed by atoms with Gasteiger partial charge in [0.25, 0.3) is 0 Å². The molecular weight excluding hydrogens is 331 g/mol. The van der Waals surface area contributed by atoms with Gasteiger partial charge in [0.1, 0.15) is 5.82 Å². The molecular formula is C14H18ClFN2O3S. The van der Waals surface area contributed by atoms with Crippen molar-refractivity contribution >= 4 is 33.2 Å². The van der Waals surface area contributed by atoms with E-state index < -0.39 is 15.8 Å². The van der Waals surface area contributed by atoms with Gasteiger partial charge in [-0.3, -0.25) is 4.79 Å². The number of anilines is 1. The van der Waals surface area contributed by atoms with E-state index in [-0.39, 0.29) is 22.6 Å². The van der Waals surface area contributed by atoms with E-state index in [9.17, 15) is 17.6 Å². The van der Waals surface area contributed by atoms with Crippen LogP contribution >= 0.6 is 11.6 Å². The number of piperidine rings is 1. The fraction of sp³-hybridized carbons (Fsp3) is 0.500. The number of halogens is 2. The Hall–Kier alpha value is -1.18. The zero-order valence-corrected chi connectivity index (χ0v) is 13.8. The van der Waals surface area contributed by atoms with Crippen molar-refractivity contribution in [3.63, 3.8) is 0 Å². The van der Waals surface area contributed by atoms with Crippen molar-refractivity contribution in [3.8, 4) is 0 Å². The highest BCUT2D eigenvalue weighted by Gasteiger charge is 2.30. The molecule has 1 amide bonds. The van der Waals surface area contributed by atoms with Crippen LogP contribution in [0.25, 0.3) is 0 Å². The summed E-state index contributed by atoms with van der Waals surface area (Å²) >= 11 is 5.67. The summed E-state index contributed by atoms with van der Waals surface area (Å²) in [6, 6.07) is 3.98. The highest BCUT2D eigenvalue weighted by Crippen LogP contribution is 2.23. The summed E-state index contributed by atoms with van der Waals surface area (Å²) in [6.45, 7) is 2.29. The lowest BCUT2D eigenvalue weighted by Crippen LogP contribution is -2.42. The summed E-state index contributed by atoms with van der Waals surface area (Å²) in [4.78, 5) is 12.2. The van der Waals surface area contributed by atoms with Crippen molar-refractivity contribution in [2.45, 2.75) is 19.8 Å². The van der Waals surface area contributed by atoms with E-state index in [1.165, 1.54) is 22.5 Å². The lowest BCUT2D eigenvalue weighted by Gasteiger charge is -2.30. The smallest absolute Gasteiger partial charge is 0.227 e. The van der Waals surface area contributed by atoms with Crippen LogP contribution in [-0.2, 0) is 14.8 Å². The van der Waals surface area contributed by atoms with Crippen molar-refractivity contribution in [3.05, 3.63) is 29.0 Å². The van der Waals surface area contributed by atoms with E-state index in [1.807, 2.05) is 0 Å². The van der Waals surface area contributed by atoms with Crippen LogP contribution in [0, 0.1) is 11.7 Å². The molecule has 0 aliphatic carbocycles. The van der Waals surface area contributed by atoms with Gasteiger partial charge < -0.3 is 5.32 Å². The number of carbonyl (C=O) groups is 1. The van der Waals surface area contributed by atoms with E-state index in [1.54, 1.807) is 6.92 Å². The van der Waals surface area contributed by atoms with E-state index in [0.29, 0.717) is 31.6 Å². The average Bonchev–Trinajstić information content (AvgIpc) is 2.51. The van der Waals surface area contributed by atoms with Crippen molar-refractivity contribution in [2.75, 3.05) is 24.2 Å². The molecule has 1 saturated heterocycles. The lowest BCUT2D eigenvalue weighted by atomic mass is 9.97. The first-order valence-electron chi connectivity index (χ1n) is 7.07. The second kappa shape index (κ2) is 6.93. The molecule has 1 aromatic rings. The Kier molecular flexibility index (Phi) is 5.41. The number of sulfonamides is 1. The molecule has 0 saturated carbocycles. The predicted molar refractivity (Wildman–Crippen MR) is 83.8 cm³/mol. The van der Waals surface area contributed by atoms with Crippen LogP contribution in [-0.4, -0.2) is 37.5 Å². The van der Waals surface area contributed by atoms with Crippen molar-refractivity contribution in [2.24, 2.45) is 5.92 Å². The van der Waals surface area contributed by atoms with Crippen LogP contribution in [0.1, 0.15) is 19.8 Å². The molecule has 0 atom stereocenters. The molecule has 0 aromatic heterocycles. The van der Waals surface area contributed by atoms with E-state index >= 15 is 0 Å². The number of nitrogens with zero attached hydrogens (tertiary/aromatic N) is 1. The van der Waals surface area contributed by atoms with Gasteiger partial charge in [-0.1, -0.05) is 11.6 Å². The van der Waals surface area contributed by atoms with Gasteiger partial charge in [-0.05, 0) is 38.0 Å². The standard InChI is InChI=1S/C14H18ClFN2O3S/c1-2-22(20,21)18-7-5-10(6-8-18)14(19)17-11-3-4-13(16)12(15)9-11/h3-4,9-10H,2,5-8H2,1H3,(H,17,19). The Morgan fingerprint density at radius 1 is 1.41 bits per heavy atom. The zero-order valence-electron chi connectivity index (χ0n) is 12.2. The fourth-order valence-corrected chi connectivity index (χ4v) is 3.71. The highest BCUT2D eigenvalue weighted by molar-refractivity contribution is 7.89. The molecule has 1 aromatic carbocycles. The van der Waals surface area contributed by atoms with E-state index in [2.05, 4.69) is 5.32 Å². The first-order chi connectivity index (χ1) is 10.3. The van der Waals surface area contributed by atoms with E-state index in [0.717, 1.165) is 0 Å². The number of nitrogens with one attached hydrogen (secondary N) is 1. The van der Waals surface area contributed by atoms with E-state index in [4.69, 9.17) is 11.6 Å². The molecule has 1 fully saturated rings. The Morgan fingerprint density at radius 3 is 2.59 bits per heavy atom. The third-order valence-corrected chi connectivity index (χ3v) is 5.94. The van der Waals surface area contributed by atoms with Gasteiger partial charge >= 0.3 is 0 Å². The van der Waals surface area contributed by atoms with Crippen molar-refractivity contribution < 1.29 is 17.6 Å². The molecule has 1 aliphatic rings. The lowest BCUT2D eigenvalue weighted by molar-refractivity contribution is -0.120. The van der Waals surface area contributed by atoms with Gasteiger partial charge in [-0.2, -0.15) is 0 Å². The maximum absolute atomic E-state index is 13.1. The third kappa shape index (κ3) is 3.97. The molecule has 0 unspecified atom stereocenters. The van der Waals surface area contributed by atoms with Crippen LogP contribution < -0.4 is 5.32 Å². The number of hydrogen-bond acceptors (Lipinski definition) is 3. The quantitative estimate of drug-likeness (QED) is 0.909. The number of hydrogen-bond donors (Lipinski definition) is 1. The molecule has 0 spiro atoms. The summed E-state index contributed by atoms with van der Waals surface area (Å²) in [7, 11) is -3.20. The van der Waals surface area contributed by atoms with Gasteiger partial charge in [-0.15, -0.1) is 0 Å². The topological polar surface area (TPSA) is 66.5 Å².